The van der Waals surface area contributed by atoms with Gasteiger partial charge in [-0.25, -0.2) is 48.0 Å². The van der Waals surface area contributed by atoms with Crippen molar-refractivity contribution >= 4 is 24.3 Å². The summed E-state index contributed by atoms with van der Waals surface area (Å²) >= 11 is 0. The number of rotatable bonds is 10. The molecular weight excluding hydrogens is 815 g/mol. The first-order chi connectivity index (χ1) is 31.2. The molecule has 14 nitrogen and oxygen atoms in total. The highest BCUT2D eigenvalue weighted by Gasteiger charge is 2.27. The molecule has 0 fully saturated rings. The summed E-state index contributed by atoms with van der Waals surface area (Å²) in [6.45, 7) is 5.54. The number of fused-ring (bicyclic) bond motifs is 2. The fraction of sp³-hybridized carbons (Fsp3) is 0.250. The molecule has 0 amide bonds. The van der Waals surface area contributed by atoms with Crippen LogP contribution in [0, 0.1) is 25.5 Å². The van der Waals surface area contributed by atoms with Gasteiger partial charge in [-0.05, 0) is 123 Å². The summed E-state index contributed by atoms with van der Waals surface area (Å²) in [5.41, 5.74) is 7.09. The Morgan fingerprint density at radius 1 is 0.547 bits per heavy atom. The van der Waals surface area contributed by atoms with Crippen LogP contribution in [0.15, 0.2) is 97.8 Å². The average Bonchev–Trinajstić information content (AvgIpc) is 4.15. The Morgan fingerprint density at radius 2 is 0.969 bits per heavy atom. The summed E-state index contributed by atoms with van der Waals surface area (Å²) in [5, 5.41) is 9.29. The maximum Gasteiger partial charge on any atom is 0.238 e. The van der Waals surface area contributed by atoms with E-state index in [0.29, 0.717) is 23.4 Å². The quantitative estimate of drug-likeness (QED) is 0.131. The number of methoxy groups -OCH3 is 2. The number of halogens is 2. The Bertz CT molecular complexity index is 2750. The van der Waals surface area contributed by atoms with Gasteiger partial charge in [-0.1, -0.05) is 24.3 Å². The van der Waals surface area contributed by atoms with Crippen LogP contribution in [-0.2, 0) is 13.1 Å². The minimum absolute atomic E-state index is 0.120. The molecule has 2 aliphatic rings. The molecule has 2 aliphatic heterocycles. The van der Waals surface area contributed by atoms with Gasteiger partial charge in [0.2, 0.25) is 11.8 Å². The monoisotopic (exact) mass is 860 g/mol. The van der Waals surface area contributed by atoms with E-state index in [1.54, 1.807) is 26.9 Å². The van der Waals surface area contributed by atoms with Crippen LogP contribution >= 0.6 is 0 Å². The lowest BCUT2D eigenvalue weighted by Gasteiger charge is -2.22. The summed E-state index contributed by atoms with van der Waals surface area (Å²) in [7, 11) is 3.20. The van der Waals surface area contributed by atoms with E-state index in [2.05, 4.69) is 30.1 Å². The average molecular weight is 861 g/mol. The number of benzene rings is 2. The molecule has 0 spiro atoms. The molecule has 0 unspecified atom stereocenters. The summed E-state index contributed by atoms with van der Waals surface area (Å²) in [6, 6.07) is 21.1. The lowest BCUT2D eigenvalue weighted by Crippen LogP contribution is -2.17. The number of imidazole rings is 2. The predicted octanol–water partition coefficient (Wildman–Crippen LogP) is 8.82. The minimum atomic E-state index is -0.230. The standard InChI is InChI=1S/2C24H23FN6O/c2*1-16-14-30(15-26-16)21-11-9-19(27-24(21)32-2)10-12-22-28-23-20(4-3-13-31(23)29-22)17-5-7-18(25)8-6-17/h2*5-12,14-15,20H,3-4,13H2,1-2H3/b2*12-10+/t2*20-/m10/s1. The molecule has 8 heterocycles. The molecule has 2 aromatic carbocycles. The highest BCUT2D eigenvalue weighted by atomic mass is 19.1. The molecule has 0 saturated heterocycles. The van der Waals surface area contributed by atoms with Gasteiger partial charge in [0.25, 0.3) is 0 Å². The second kappa shape index (κ2) is 18.4. The van der Waals surface area contributed by atoms with Crippen molar-refractivity contribution in [3.8, 4) is 23.1 Å². The van der Waals surface area contributed by atoms with Crippen LogP contribution in [0.25, 0.3) is 35.7 Å². The largest absolute Gasteiger partial charge is 0.479 e. The van der Waals surface area contributed by atoms with Crippen molar-refractivity contribution in [3.63, 3.8) is 0 Å². The van der Waals surface area contributed by atoms with Crippen LogP contribution in [-0.4, -0.2) is 72.8 Å². The first-order valence-corrected chi connectivity index (χ1v) is 21.1. The number of nitrogens with zero attached hydrogens (tertiary/aromatic N) is 12. The molecule has 0 aliphatic carbocycles. The van der Waals surface area contributed by atoms with Crippen molar-refractivity contribution in [2.24, 2.45) is 0 Å². The second-order valence-electron chi connectivity index (χ2n) is 15.6. The number of hydrogen-bond donors (Lipinski definition) is 0. The van der Waals surface area contributed by atoms with E-state index in [1.807, 2.05) is 118 Å². The predicted molar refractivity (Wildman–Crippen MR) is 238 cm³/mol. The van der Waals surface area contributed by atoms with Gasteiger partial charge in [-0.15, -0.1) is 0 Å². The lowest BCUT2D eigenvalue weighted by atomic mass is 9.91. The number of ether oxygens (including phenoxy) is 2. The normalized spacial score (nSPS) is 15.8. The molecule has 324 valence electrons. The molecule has 64 heavy (non-hydrogen) atoms. The molecule has 0 bridgehead atoms. The van der Waals surface area contributed by atoms with Crippen molar-refractivity contribution < 1.29 is 18.3 Å². The van der Waals surface area contributed by atoms with Gasteiger partial charge in [0, 0.05) is 37.3 Å². The smallest absolute Gasteiger partial charge is 0.238 e. The molecule has 8 aromatic rings. The highest BCUT2D eigenvalue weighted by molar-refractivity contribution is 5.67. The zero-order valence-corrected chi connectivity index (χ0v) is 35.9. The van der Waals surface area contributed by atoms with Crippen molar-refractivity contribution in [2.75, 3.05) is 14.2 Å². The molecule has 6 aromatic heterocycles. The first kappa shape index (κ1) is 41.7. The molecule has 2 atom stereocenters. The van der Waals surface area contributed by atoms with E-state index in [9.17, 15) is 8.78 Å². The number of pyridine rings is 2. The third kappa shape index (κ3) is 9.12. The van der Waals surface area contributed by atoms with Crippen LogP contribution in [0.1, 0.15) is 94.7 Å². The Hall–Kier alpha value is -7.62. The van der Waals surface area contributed by atoms with E-state index in [1.165, 1.54) is 24.3 Å². The zero-order valence-electron chi connectivity index (χ0n) is 35.9. The molecule has 0 N–H and O–H groups in total. The molecule has 0 saturated carbocycles. The Labute approximate surface area is 368 Å². The number of aryl methyl sites for hydroxylation is 4. The van der Waals surface area contributed by atoms with Crippen LogP contribution in [0.3, 0.4) is 0 Å². The maximum atomic E-state index is 13.3. The van der Waals surface area contributed by atoms with Gasteiger partial charge in [-0.2, -0.15) is 10.2 Å². The second-order valence-corrected chi connectivity index (χ2v) is 15.6. The Balaban J connectivity index is 0.000000162. The SMILES string of the molecule is COc1nc(/C=C/c2nc3n(n2)CCC[C@@H]3c2ccc(F)cc2)ccc1-n1cnc(C)c1.COc1nc(/C=C/c2nc3n(n2)CCC[C@H]3c2ccc(F)cc2)ccc1-n1cnc(C)c1. The van der Waals surface area contributed by atoms with Gasteiger partial charge in [-0.3, -0.25) is 0 Å². The van der Waals surface area contributed by atoms with Crippen LogP contribution in [0.5, 0.6) is 11.8 Å². The van der Waals surface area contributed by atoms with E-state index in [0.717, 1.165) is 95.7 Å². The van der Waals surface area contributed by atoms with Gasteiger partial charge >= 0.3 is 0 Å². The maximum absolute atomic E-state index is 13.3. The first-order valence-electron chi connectivity index (χ1n) is 21.1. The van der Waals surface area contributed by atoms with Crippen molar-refractivity contribution in [3.05, 3.63) is 167 Å². The van der Waals surface area contributed by atoms with Crippen LogP contribution in [0.4, 0.5) is 8.78 Å². The lowest BCUT2D eigenvalue weighted by molar-refractivity contribution is 0.395. The molecular formula is C48H46F2N12O2. The summed E-state index contributed by atoms with van der Waals surface area (Å²) in [4.78, 5) is 27.2. The van der Waals surface area contributed by atoms with Crippen molar-refractivity contribution in [2.45, 2.75) is 64.5 Å². The molecule has 10 rings (SSSR count). The zero-order chi connectivity index (χ0) is 44.2. The third-order valence-electron chi connectivity index (χ3n) is 11.2. The van der Waals surface area contributed by atoms with Crippen molar-refractivity contribution in [1.29, 1.82) is 0 Å². The minimum Gasteiger partial charge on any atom is -0.479 e. The third-order valence-corrected chi connectivity index (χ3v) is 11.2. The van der Waals surface area contributed by atoms with Crippen LogP contribution < -0.4 is 9.47 Å². The van der Waals surface area contributed by atoms with E-state index < -0.39 is 0 Å². The molecule has 0 radical (unpaired) electrons. The highest BCUT2D eigenvalue weighted by Crippen LogP contribution is 2.34. The van der Waals surface area contributed by atoms with Crippen LogP contribution in [0.2, 0.25) is 0 Å². The van der Waals surface area contributed by atoms with Gasteiger partial charge in [0.15, 0.2) is 11.6 Å². The number of hydrogen-bond acceptors (Lipinski definition) is 10. The number of aromatic nitrogens is 12. The topological polar surface area (TPSA) is 141 Å². The van der Waals surface area contributed by atoms with Crippen molar-refractivity contribution in [1.82, 2.24) is 58.6 Å². The van der Waals surface area contributed by atoms with Gasteiger partial charge in [0.1, 0.15) is 34.7 Å². The summed E-state index contributed by atoms with van der Waals surface area (Å²) < 4.78 is 45.3. The van der Waals surface area contributed by atoms with Gasteiger partial charge in [0.05, 0.1) is 49.6 Å². The van der Waals surface area contributed by atoms with E-state index in [4.69, 9.17) is 19.4 Å². The van der Waals surface area contributed by atoms with E-state index in [-0.39, 0.29) is 23.5 Å². The fourth-order valence-corrected chi connectivity index (χ4v) is 8.10. The fourth-order valence-electron chi connectivity index (χ4n) is 8.10. The molecule has 16 heteroatoms. The van der Waals surface area contributed by atoms with Gasteiger partial charge < -0.3 is 18.6 Å². The van der Waals surface area contributed by atoms with E-state index >= 15 is 0 Å². The summed E-state index contributed by atoms with van der Waals surface area (Å²) in [5.74, 6) is 3.89. The Morgan fingerprint density at radius 3 is 1.34 bits per heavy atom. The Kier molecular flexibility index (Phi) is 12.0. The summed E-state index contributed by atoms with van der Waals surface area (Å²) in [6.07, 6.45) is 18.8.